The van der Waals surface area contributed by atoms with Crippen LogP contribution in [0.4, 0.5) is 0 Å². The highest BCUT2D eigenvalue weighted by atomic mass is 28.3. The van der Waals surface area contributed by atoms with Gasteiger partial charge in [0.15, 0.2) is 0 Å². The van der Waals surface area contributed by atoms with E-state index in [0.717, 1.165) is 0 Å². The summed E-state index contributed by atoms with van der Waals surface area (Å²) in [5, 5.41) is 0. The SMILES string of the molecule is CCCCCCCC[SiH](C)OOCC. The zero-order chi connectivity index (χ0) is 10.6. The second kappa shape index (κ2) is 11.2. The Kier molecular flexibility index (Phi) is 11.3. The topological polar surface area (TPSA) is 18.5 Å². The molecule has 0 aliphatic heterocycles. The van der Waals surface area contributed by atoms with Crippen LogP contribution in [0.1, 0.15) is 52.4 Å². The maximum atomic E-state index is 5.26. The standard InChI is InChI=1S/C11H26O2Si/c1-4-6-7-8-9-10-11-14(3)13-12-5-2/h14H,4-11H2,1-3H3. The van der Waals surface area contributed by atoms with Crippen molar-refractivity contribution in [3.8, 4) is 0 Å². The van der Waals surface area contributed by atoms with Crippen LogP contribution >= 0.6 is 0 Å². The Morgan fingerprint density at radius 1 is 0.929 bits per heavy atom. The molecule has 0 heterocycles. The van der Waals surface area contributed by atoms with E-state index in [1.165, 1.54) is 44.6 Å². The average molecular weight is 218 g/mol. The molecule has 0 saturated heterocycles. The van der Waals surface area contributed by atoms with E-state index in [9.17, 15) is 0 Å². The minimum absolute atomic E-state index is 0.674. The third kappa shape index (κ3) is 10.2. The van der Waals surface area contributed by atoms with Gasteiger partial charge in [0.05, 0.1) is 6.61 Å². The molecular weight excluding hydrogens is 192 g/mol. The molecule has 0 radical (unpaired) electrons. The molecule has 2 nitrogen and oxygen atoms in total. The van der Waals surface area contributed by atoms with Gasteiger partial charge < -0.3 is 0 Å². The molecule has 0 N–H and O–H groups in total. The molecule has 0 aromatic heterocycles. The van der Waals surface area contributed by atoms with Gasteiger partial charge in [-0.1, -0.05) is 45.4 Å². The minimum Gasteiger partial charge on any atom is -0.291 e. The molecule has 1 unspecified atom stereocenters. The molecule has 1 atom stereocenters. The number of rotatable bonds is 10. The van der Waals surface area contributed by atoms with Crippen molar-refractivity contribution in [3.05, 3.63) is 0 Å². The van der Waals surface area contributed by atoms with Gasteiger partial charge in [0, 0.05) is 0 Å². The molecule has 0 aliphatic rings. The first-order valence-corrected chi connectivity index (χ1v) is 8.53. The maximum Gasteiger partial charge on any atom is 0.221 e. The Labute approximate surface area is 90.6 Å². The fourth-order valence-corrected chi connectivity index (χ4v) is 2.77. The first kappa shape index (κ1) is 14.1. The third-order valence-electron chi connectivity index (χ3n) is 2.31. The normalized spacial score (nSPS) is 13.1. The summed E-state index contributed by atoms with van der Waals surface area (Å²) in [4.78, 5) is 4.95. The number of hydrogen-bond acceptors (Lipinski definition) is 2. The molecule has 0 aromatic rings. The van der Waals surface area contributed by atoms with Crippen LogP contribution < -0.4 is 0 Å². The molecule has 0 amide bonds. The fraction of sp³-hybridized carbons (Fsp3) is 1.00. The molecule has 0 rings (SSSR count). The fourth-order valence-electron chi connectivity index (χ4n) is 1.44. The molecule has 0 aromatic carbocycles. The summed E-state index contributed by atoms with van der Waals surface area (Å²) >= 11 is 0. The predicted octanol–water partition coefficient (Wildman–Crippen LogP) is 3.67. The lowest BCUT2D eigenvalue weighted by molar-refractivity contribution is -0.208. The zero-order valence-electron chi connectivity index (χ0n) is 10.1. The molecule has 86 valence electrons. The smallest absolute Gasteiger partial charge is 0.221 e. The van der Waals surface area contributed by atoms with Crippen LogP contribution in [-0.2, 0) is 9.46 Å². The molecule has 0 spiro atoms. The largest absolute Gasteiger partial charge is 0.291 e. The van der Waals surface area contributed by atoms with Gasteiger partial charge in [-0.2, -0.15) is 0 Å². The van der Waals surface area contributed by atoms with Crippen molar-refractivity contribution in [1.82, 2.24) is 0 Å². The van der Waals surface area contributed by atoms with Crippen molar-refractivity contribution in [1.29, 1.82) is 0 Å². The summed E-state index contributed by atoms with van der Waals surface area (Å²) in [6, 6.07) is 1.26. The van der Waals surface area contributed by atoms with Crippen molar-refractivity contribution in [3.63, 3.8) is 0 Å². The summed E-state index contributed by atoms with van der Waals surface area (Å²) in [6.07, 6.45) is 8.21. The van der Waals surface area contributed by atoms with Crippen LogP contribution in [0, 0.1) is 0 Å². The van der Waals surface area contributed by atoms with Gasteiger partial charge in [-0.25, -0.2) is 4.89 Å². The van der Waals surface area contributed by atoms with Gasteiger partial charge in [-0.3, -0.25) is 4.58 Å². The van der Waals surface area contributed by atoms with E-state index >= 15 is 0 Å². The second-order valence-corrected chi connectivity index (χ2v) is 6.26. The second-order valence-electron chi connectivity index (χ2n) is 3.87. The van der Waals surface area contributed by atoms with Gasteiger partial charge in [-0.05, 0) is 19.5 Å². The first-order valence-electron chi connectivity index (χ1n) is 6.09. The molecule has 3 heteroatoms. The summed E-state index contributed by atoms with van der Waals surface area (Å²) in [5.41, 5.74) is 0. The van der Waals surface area contributed by atoms with Crippen molar-refractivity contribution in [2.75, 3.05) is 6.61 Å². The van der Waals surface area contributed by atoms with Crippen LogP contribution in [0.25, 0.3) is 0 Å². The molecule has 0 saturated carbocycles. The quantitative estimate of drug-likeness (QED) is 0.241. The van der Waals surface area contributed by atoms with Crippen LogP contribution in [-0.4, -0.2) is 15.6 Å². The lowest BCUT2D eigenvalue weighted by atomic mass is 10.1. The highest BCUT2D eigenvalue weighted by Gasteiger charge is 2.04. The van der Waals surface area contributed by atoms with Gasteiger partial charge in [0.25, 0.3) is 0 Å². The number of unbranched alkanes of at least 4 members (excludes halogenated alkanes) is 5. The molecule has 0 aliphatic carbocycles. The Morgan fingerprint density at radius 2 is 1.57 bits per heavy atom. The molecule has 0 bridgehead atoms. The number of hydrogen-bond donors (Lipinski definition) is 0. The summed E-state index contributed by atoms with van der Waals surface area (Å²) in [6.45, 7) is 7.10. The van der Waals surface area contributed by atoms with E-state index in [-0.39, 0.29) is 0 Å². The van der Waals surface area contributed by atoms with Crippen molar-refractivity contribution in [2.24, 2.45) is 0 Å². The van der Waals surface area contributed by atoms with E-state index in [4.69, 9.17) is 9.46 Å². The Bertz CT molecular complexity index is 109. The maximum absolute atomic E-state index is 5.26. The van der Waals surface area contributed by atoms with E-state index in [1.807, 2.05) is 6.92 Å². The van der Waals surface area contributed by atoms with Crippen molar-refractivity contribution >= 4 is 9.04 Å². The Hall–Kier alpha value is 0.137. The van der Waals surface area contributed by atoms with Crippen LogP contribution in [0.5, 0.6) is 0 Å². The molecular formula is C11H26O2Si. The van der Waals surface area contributed by atoms with Gasteiger partial charge in [0.1, 0.15) is 0 Å². The lowest BCUT2D eigenvalue weighted by Crippen LogP contribution is -2.13. The van der Waals surface area contributed by atoms with Gasteiger partial charge >= 0.3 is 0 Å². The van der Waals surface area contributed by atoms with Gasteiger partial charge in [-0.15, -0.1) is 0 Å². The van der Waals surface area contributed by atoms with Crippen LogP contribution in [0.3, 0.4) is 0 Å². The van der Waals surface area contributed by atoms with Crippen molar-refractivity contribution in [2.45, 2.75) is 65.0 Å². The van der Waals surface area contributed by atoms with Crippen LogP contribution in [0.2, 0.25) is 12.6 Å². The summed E-state index contributed by atoms with van der Waals surface area (Å²) in [5.74, 6) is 0. The minimum atomic E-state index is -1.00. The van der Waals surface area contributed by atoms with E-state index < -0.39 is 9.04 Å². The lowest BCUT2D eigenvalue weighted by Gasteiger charge is -2.09. The predicted molar refractivity (Wildman–Crippen MR) is 63.9 cm³/mol. The monoisotopic (exact) mass is 218 g/mol. The summed E-state index contributed by atoms with van der Waals surface area (Å²) in [7, 11) is -1.00. The Balaban J connectivity index is 3.02. The molecule has 0 fully saturated rings. The zero-order valence-corrected chi connectivity index (χ0v) is 11.2. The first-order chi connectivity index (χ1) is 6.81. The Morgan fingerprint density at radius 3 is 2.21 bits per heavy atom. The van der Waals surface area contributed by atoms with Gasteiger partial charge in [0.2, 0.25) is 9.04 Å². The van der Waals surface area contributed by atoms with E-state index in [2.05, 4.69) is 13.5 Å². The molecule has 14 heavy (non-hydrogen) atoms. The van der Waals surface area contributed by atoms with Crippen molar-refractivity contribution < 1.29 is 9.46 Å². The van der Waals surface area contributed by atoms with E-state index in [0.29, 0.717) is 6.61 Å². The third-order valence-corrected chi connectivity index (χ3v) is 4.00. The average Bonchev–Trinajstić information content (AvgIpc) is 2.20. The summed E-state index contributed by atoms with van der Waals surface area (Å²) < 4.78 is 5.26. The van der Waals surface area contributed by atoms with E-state index in [1.54, 1.807) is 0 Å². The highest BCUT2D eigenvalue weighted by Crippen LogP contribution is 2.09. The highest BCUT2D eigenvalue weighted by molar-refractivity contribution is 6.49. The van der Waals surface area contributed by atoms with Crippen LogP contribution in [0.15, 0.2) is 0 Å².